The lowest BCUT2D eigenvalue weighted by atomic mass is 10.2. The van der Waals surface area contributed by atoms with E-state index >= 15 is 0 Å². The number of ether oxygens (including phenoxy) is 1. The average molecular weight is 370 g/mol. The third-order valence-electron chi connectivity index (χ3n) is 3.60. The van der Waals surface area contributed by atoms with Gasteiger partial charge < -0.3 is 15.4 Å². The van der Waals surface area contributed by atoms with Crippen LogP contribution in [-0.4, -0.2) is 49.0 Å². The molecule has 6 nitrogen and oxygen atoms in total. The molecule has 0 aliphatic carbocycles. The van der Waals surface area contributed by atoms with E-state index in [-0.39, 0.29) is 12.2 Å². The zero-order chi connectivity index (χ0) is 19.2. The molecule has 0 saturated heterocycles. The smallest absolute Gasteiger partial charge is 0.383 e. The first-order valence-electron chi connectivity index (χ1n) is 8.04. The number of nitrogens with one attached hydrogen (secondary N) is 2. The van der Waals surface area contributed by atoms with E-state index in [1.54, 1.807) is 32.2 Å². The van der Waals surface area contributed by atoms with Gasteiger partial charge in [0.2, 0.25) is 0 Å². The quantitative estimate of drug-likeness (QED) is 0.699. The van der Waals surface area contributed by atoms with Crippen LogP contribution in [0.15, 0.2) is 30.5 Å². The number of amides is 1. The highest BCUT2D eigenvalue weighted by Gasteiger charge is 2.40. The van der Waals surface area contributed by atoms with Gasteiger partial charge >= 0.3 is 6.18 Å². The predicted molar refractivity (Wildman–Crippen MR) is 90.4 cm³/mol. The SMILES string of the molecule is COCCNCCNC(=O)c1cnn(-c2cccc(C)c2)c1C(F)(F)F. The van der Waals surface area contributed by atoms with Crippen molar-refractivity contribution >= 4 is 5.91 Å². The van der Waals surface area contributed by atoms with E-state index in [0.717, 1.165) is 16.4 Å². The highest BCUT2D eigenvalue weighted by Crippen LogP contribution is 2.33. The number of carbonyl (C=O) groups is 1. The molecule has 1 aromatic carbocycles. The molecule has 2 aromatic rings. The zero-order valence-electron chi connectivity index (χ0n) is 14.6. The molecule has 0 aliphatic heterocycles. The Labute approximate surface area is 149 Å². The first kappa shape index (κ1) is 19.9. The molecule has 0 radical (unpaired) electrons. The number of benzene rings is 1. The minimum atomic E-state index is -4.72. The maximum Gasteiger partial charge on any atom is 0.434 e. The minimum Gasteiger partial charge on any atom is -0.383 e. The highest BCUT2D eigenvalue weighted by atomic mass is 19.4. The Hall–Kier alpha value is -2.39. The van der Waals surface area contributed by atoms with Gasteiger partial charge in [-0.2, -0.15) is 18.3 Å². The number of aryl methyl sites for hydroxylation is 1. The van der Waals surface area contributed by atoms with Crippen molar-refractivity contribution in [3.05, 3.63) is 47.3 Å². The Kier molecular flexibility index (Phi) is 6.76. The lowest BCUT2D eigenvalue weighted by Crippen LogP contribution is -2.34. The second kappa shape index (κ2) is 8.81. The number of nitrogens with zero attached hydrogens (tertiary/aromatic N) is 2. The van der Waals surface area contributed by atoms with Crippen LogP contribution < -0.4 is 10.6 Å². The second-order valence-electron chi connectivity index (χ2n) is 5.65. The lowest BCUT2D eigenvalue weighted by molar-refractivity contribution is -0.143. The summed E-state index contributed by atoms with van der Waals surface area (Å²) in [7, 11) is 1.56. The predicted octanol–water partition coefficient (Wildman–Crippen LogP) is 2.17. The molecule has 1 heterocycles. The number of methoxy groups -OCH3 is 1. The minimum absolute atomic E-state index is 0.190. The van der Waals surface area contributed by atoms with E-state index in [1.807, 2.05) is 0 Å². The van der Waals surface area contributed by atoms with Crippen molar-refractivity contribution in [2.24, 2.45) is 0 Å². The van der Waals surface area contributed by atoms with Gasteiger partial charge in [-0.25, -0.2) is 4.68 Å². The largest absolute Gasteiger partial charge is 0.434 e. The molecule has 26 heavy (non-hydrogen) atoms. The normalized spacial score (nSPS) is 11.6. The Morgan fingerprint density at radius 1 is 1.27 bits per heavy atom. The third-order valence-corrected chi connectivity index (χ3v) is 3.60. The number of hydrogen-bond acceptors (Lipinski definition) is 4. The van der Waals surface area contributed by atoms with E-state index in [4.69, 9.17) is 4.74 Å². The van der Waals surface area contributed by atoms with E-state index in [0.29, 0.717) is 19.7 Å². The maximum atomic E-state index is 13.5. The summed E-state index contributed by atoms with van der Waals surface area (Å²) in [6, 6.07) is 6.49. The highest BCUT2D eigenvalue weighted by molar-refractivity contribution is 5.95. The van der Waals surface area contributed by atoms with Crippen LogP contribution in [0, 0.1) is 6.92 Å². The molecule has 142 valence electrons. The standard InChI is InChI=1S/C17H21F3N4O2/c1-12-4-3-5-13(10-12)24-15(17(18,19)20)14(11-23-24)16(25)22-7-6-21-8-9-26-2/h3-5,10-11,21H,6-9H2,1-2H3,(H,22,25). The summed E-state index contributed by atoms with van der Waals surface area (Å²) in [6.45, 7) is 3.48. The topological polar surface area (TPSA) is 68.2 Å². The molecule has 0 bridgehead atoms. The molecule has 2 rings (SSSR count). The van der Waals surface area contributed by atoms with Gasteiger partial charge in [0.1, 0.15) is 0 Å². The molecule has 9 heteroatoms. The van der Waals surface area contributed by atoms with Crippen LogP contribution in [-0.2, 0) is 10.9 Å². The summed E-state index contributed by atoms with van der Waals surface area (Å²) in [6.07, 6.45) is -3.78. The van der Waals surface area contributed by atoms with Crippen molar-refractivity contribution < 1.29 is 22.7 Å². The molecule has 2 N–H and O–H groups in total. The molecule has 0 fully saturated rings. The van der Waals surface area contributed by atoms with Gasteiger partial charge in [-0.05, 0) is 24.6 Å². The summed E-state index contributed by atoms with van der Waals surface area (Å²) in [5.41, 5.74) is -0.555. The van der Waals surface area contributed by atoms with Crippen LogP contribution in [0.1, 0.15) is 21.6 Å². The number of aromatic nitrogens is 2. The molecular weight excluding hydrogens is 349 g/mol. The number of hydrogen-bond donors (Lipinski definition) is 2. The Morgan fingerprint density at radius 3 is 2.69 bits per heavy atom. The first-order valence-corrected chi connectivity index (χ1v) is 8.04. The fourth-order valence-corrected chi connectivity index (χ4v) is 2.40. The van der Waals surface area contributed by atoms with Crippen LogP contribution in [0.4, 0.5) is 13.2 Å². The Morgan fingerprint density at radius 2 is 2.04 bits per heavy atom. The van der Waals surface area contributed by atoms with Crippen molar-refractivity contribution in [2.75, 3.05) is 33.4 Å². The van der Waals surface area contributed by atoms with Crippen LogP contribution in [0.2, 0.25) is 0 Å². The maximum absolute atomic E-state index is 13.5. The van der Waals surface area contributed by atoms with Gasteiger partial charge in [-0.1, -0.05) is 12.1 Å². The van der Waals surface area contributed by atoms with Crippen molar-refractivity contribution in [1.29, 1.82) is 0 Å². The molecular formula is C17H21F3N4O2. The Bertz CT molecular complexity index is 744. The summed E-state index contributed by atoms with van der Waals surface area (Å²) in [5.74, 6) is -0.815. The van der Waals surface area contributed by atoms with Crippen molar-refractivity contribution in [3.63, 3.8) is 0 Å². The lowest BCUT2D eigenvalue weighted by Gasteiger charge is -2.13. The molecule has 0 spiro atoms. The van der Waals surface area contributed by atoms with Crippen molar-refractivity contribution in [3.8, 4) is 5.69 Å². The molecule has 1 amide bonds. The molecule has 1 aromatic heterocycles. The third kappa shape index (κ3) is 5.06. The van der Waals surface area contributed by atoms with Gasteiger partial charge in [0.05, 0.1) is 24.1 Å². The van der Waals surface area contributed by atoms with E-state index in [1.165, 1.54) is 6.07 Å². The number of carbonyl (C=O) groups excluding carboxylic acids is 1. The number of rotatable bonds is 8. The van der Waals surface area contributed by atoms with Crippen LogP contribution >= 0.6 is 0 Å². The summed E-state index contributed by atoms with van der Waals surface area (Å²) in [4.78, 5) is 12.2. The Balaban J connectivity index is 2.17. The van der Waals surface area contributed by atoms with Gasteiger partial charge in [-0.3, -0.25) is 4.79 Å². The van der Waals surface area contributed by atoms with Gasteiger partial charge in [0, 0.05) is 26.7 Å². The number of alkyl halides is 3. The van der Waals surface area contributed by atoms with Gasteiger partial charge in [0.15, 0.2) is 5.69 Å². The fraction of sp³-hybridized carbons (Fsp3) is 0.412. The molecule has 0 atom stereocenters. The fourth-order valence-electron chi connectivity index (χ4n) is 2.40. The van der Waals surface area contributed by atoms with Crippen LogP contribution in [0.25, 0.3) is 5.69 Å². The molecule has 0 saturated carbocycles. The van der Waals surface area contributed by atoms with Gasteiger partial charge in [0.25, 0.3) is 5.91 Å². The summed E-state index contributed by atoms with van der Waals surface area (Å²) >= 11 is 0. The van der Waals surface area contributed by atoms with E-state index in [9.17, 15) is 18.0 Å². The van der Waals surface area contributed by atoms with Gasteiger partial charge in [-0.15, -0.1) is 0 Å². The molecule has 0 unspecified atom stereocenters. The van der Waals surface area contributed by atoms with Crippen LogP contribution in [0.5, 0.6) is 0 Å². The monoisotopic (exact) mass is 370 g/mol. The van der Waals surface area contributed by atoms with E-state index in [2.05, 4.69) is 15.7 Å². The first-order chi connectivity index (χ1) is 12.3. The summed E-state index contributed by atoms with van der Waals surface area (Å²) in [5, 5.41) is 9.25. The summed E-state index contributed by atoms with van der Waals surface area (Å²) < 4.78 is 46.3. The average Bonchev–Trinajstić information content (AvgIpc) is 3.03. The molecule has 0 aliphatic rings. The van der Waals surface area contributed by atoms with Crippen LogP contribution in [0.3, 0.4) is 0 Å². The van der Waals surface area contributed by atoms with E-state index < -0.39 is 23.3 Å². The van der Waals surface area contributed by atoms with Crippen molar-refractivity contribution in [1.82, 2.24) is 20.4 Å². The number of halogens is 3. The van der Waals surface area contributed by atoms with Crippen molar-refractivity contribution in [2.45, 2.75) is 13.1 Å². The zero-order valence-corrected chi connectivity index (χ0v) is 14.6. The second-order valence-corrected chi connectivity index (χ2v) is 5.65.